The second-order valence-corrected chi connectivity index (χ2v) is 6.73. The van der Waals surface area contributed by atoms with Gasteiger partial charge in [0.25, 0.3) is 5.91 Å². The maximum absolute atomic E-state index is 12.6. The quantitative estimate of drug-likeness (QED) is 0.798. The van der Waals surface area contributed by atoms with E-state index in [9.17, 15) is 9.59 Å². The molecule has 2 rings (SSSR count). The van der Waals surface area contributed by atoms with Crippen molar-refractivity contribution in [1.82, 2.24) is 10.3 Å². The van der Waals surface area contributed by atoms with Gasteiger partial charge in [0, 0.05) is 45.9 Å². The number of carbonyl (C=O) groups excluding carboxylic acids is 2. The molecule has 0 unspecified atom stereocenters. The first kappa shape index (κ1) is 20.2. The van der Waals surface area contributed by atoms with Gasteiger partial charge >= 0.3 is 0 Å². The lowest BCUT2D eigenvalue weighted by atomic mass is 10.1. The van der Waals surface area contributed by atoms with Gasteiger partial charge in [0.2, 0.25) is 5.91 Å². The molecule has 1 aromatic heterocycles. The van der Waals surface area contributed by atoms with Crippen molar-refractivity contribution in [1.29, 1.82) is 0 Å². The summed E-state index contributed by atoms with van der Waals surface area (Å²) < 4.78 is 0. The van der Waals surface area contributed by atoms with Gasteiger partial charge in [-0.3, -0.25) is 14.5 Å². The molecule has 142 valence electrons. The van der Waals surface area contributed by atoms with E-state index in [-0.39, 0.29) is 11.8 Å². The number of hydrogen-bond acceptors (Lipinski definition) is 4. The zero-order valence-electron chi connectivity index (χ0n) is 16.5. The fourth-order valence-corrected chi connectivity index (χ4v) is 2.46. The van der Waals surface area contributed by atoms with Gasteiger partial charge in [-0.25, -0.2) is 4.98 Å². The lowest BCUT2D eigenvalue weighted by molar-refractivity contribution is -0.116. The lowest BCUT2D eigenvalue weighted by Gasteiger charge is -2.19. The number of pyridine rings is 1. The molecule has 0 saturated carbocycles. The molecule has 27 heavy (non-hydrogen) atoms. The summed E-state index contributed by atoms with van der Waals surface area (Å²) in [7, 11) is 5.55. The SMILES string of the molecule is C=C(C)CNC(=O)c1ccc(-c2cccc(N(C)C)c2)nc1N(C)C(C)=O. The van der Waals surface area contributed by atoms with E-state index in [1.165, 1.54) is 11.8 Å². The van der Waals surface area contributed by atoms with Crippen LogP contribution in [0.4, 0.5) is 11.5 Å². The molecule has 6 nitrogen and oxygen atoms in total. The fourth-order valence-electron chi connectivity index (χ4n) is 2.46. The summed E-state index contributed by atoms with van der Waals surface area (Å²) in [5, 5.41) is 2.79. The second kappa shape index (κ2) is 8.49. The number of rotatable bonds is 6. The summed E-state index contributed by atoms with van der Waals surface area (Å²) in [6.07, 6.45) is 0. The third-order valence-electron chi connectivity index (χ3n) is 4.12. The highest BCUT2D eigenvalue weighted by Gasteiger charge is 2.19. The molecule has 0 spiro atoms. The van der Waals surface area contributed by atoms with Crippen molar-refractivity contribution in [3.05, 3.63) is 54.1 Å². The summed E-state index contributed by atoms with van der Waals surface area (Å²) >= 11 is 0. The Labute approximate surface area is 160 Å². The van der Waals surface area contributed by atoms with Crippen LogP contribution in [0.2, 0.25) is 0 Å². The third kappa shape index (κ3) is 4.94. The monoisotopic (exact) mass is 366 g/mol. The van der Waals surface area contributed by atoms with Gasteiger partial charge in [0.05, 0.1) is 11.3 Å². The number of anilines is 2. The minimum absolute atomic E-state index is 0.198. The third-order valence-corrected chi connectivity index (χ3v) is 4.12. The van der Waals surface area contributed by atoms with Gasteiger partial charge in [0.15, 0.2) is 0 Å². The molecule has 2 aromatic rings. The Kier molecular flexibility index (Phi) is 6.34. The number of hydrogen-bond donors (Lipinski definition) is 1. The first-order valence-electron chi connectivity index (χ1n) is 8.66. The highest BCUT2D eigenvalue weighted by atomic mass is 16.2. The van der Waals surface area contributed by atoms with Crippen LogP contribution in [-0.2, 0) is 4.79 Å². The normalized spacial score (nSPS) is 10.3. The molecule has 0 aliphatic heterocycles. The molecule has 2 amide bonds. The minimum atomic E-state index is -0.290. The number of nitrogens with zero attached hydrogens (tertiary/aromatic N) is 3. The Morgan fingerprint density at radius 1 is 1.11 bits per heavy atom. The van der Waals surface area contributed by atoms with E-state index in [1.54, 1.807) is 19.2 Å². The molecule has 1 aromatic carbocycles. The van der Waals surface area contributed by atoms with Crippen molar-refractivity contribution in [2.75, 3.05) is 37.5 Å². The average molecular weight is 366 g/mol. The highest BCUT2D eigenvalue weighted by Crippen LogP contribution is 2.26. The molecular formula is C21H26N4O2. The van der Waals surface area contributed by atoms with Gasteiger partial charge in [0.1, 0.15) is 5.82 Å². The van der Waals surface area contributed by atoms with E-state index >= 15 is 0 Å². The topological polar surface area (TPSA) is 65.5 Å². The lowest BCUT2D eigenvalue weighted by Crippen LogP contribution is -2.30. The molecule has 6 heteroatoms. The van der Waals surface area contributed by atoms with E-state index in [4.69, 9.17) is 0 Å². The molecule has 0 atom stereocenters. The second-order valence-electron chi connectivity index (χ2n) is 6.73. The first-order chi connectivity index (χ1) is 12.7. The molecule has 0 saturated heterocycles. The van der Waals surface area contributed by atoms with Crippen molar-refractivity contribution in [3.63, 3.8) is 0 Å². The fraction of sp³-hybridized carbons (Fsp3) is 0.286. The highest BCUT2D eigenvalue weighted by molar-refractivity contribution is 6.03. The van der Waals surface area contributed by atoms with Crippen LogP contribution in [0.3, 0.4) is 0 Å². The molecule has 1 N–H and O–H groups in total. The average Bonchev–Trinajstić information content (AvgIpc) is 2.64. The van der Waals surface area contributed by atoms with Gasteiger partial charge < -0.3 is 10.2 Å². The van der Waals surface area contributed by atoms with Gasteiger partial charge in [-0.2, -0.15) is 0 Å². The number of amides is 2. The number of nitrogens with one attached hydrogen (secondary N) is 1. The van der Waals surface area contributed by atoms with Gasteiger partial charge in [-0.1, -0.05) is 24.3 Å². The van der Waals surface area contributed by atoms with E-state index in [0.717, 1.165) is 16.8 Å². The van der Waals surface area contributed by atoms with Crippen LogP contribution < -0.4 is 15.1 Å². The van der Waals surface area contributed by atoms with Crippen LogP contribution in [0.5, 0.6) is 0 Å². The van der Waals surface area contributed by atoms with E-state index < -0.39 is 0 Å². The van der Waals surface area contributed by atoms with Crippen molar-refractivity contribution in [3.8, 4) is 11.3 Å². The summed E-state index contributed by atoms with van der Waals surface area (Å²) in [5.74, 6) is -0.160. The zero-order chi connectivity index (χ0) is 20.1. The predicted octanol–water partition coefficient (Wildman–Crippen LogP) is 3.10. The summed E-state index contributed by atoms with van der Waals surface area (Å²) in [6, 6.07) is 11.4. The van der Waals surface area contributed by atoms with Crippen LogP contribution >= 0.6 is 0 Å². The van der Waals surface area contributed by atoms with Crippen molar-refractivity contribution >= 4 is 23.3 Å². The van der Waals surface area contributed by atoms with E-state index in [0.29, 0.717) is 23.6 Å². The van der Waals surface area contributed by atoms with E-state index in [2.05, 4.69) is 16.9 Å². The van der Waals surface area contributed by atoms with Crippen molar-refractivity contribution in [2.45, 2.75) is 13.8 Å². The Balaban J connectivity index is 2.49. The molecule has 0 bridgehead atoms. The predicted molar refractivity (Wildman–Crippen MR) is 110 cm³/mol. The van der Waals surface area contributed by atoms with Gasteiger partial charge in [-0.15, -0.1) is 0 Å². The van der Waals surface area contributed by atoms with Crippen LogP contribution in [-0.4, -0.2) is 44.5 Å². The molecule has 0 radical (unpaired) electrons. The van der Waals surface area contributed by atoms with Crippen LogP contribution in [0.25, 0.3) is 11.3 Å². The Morgan fingerprint density at radius 2 is 1.81 bits per heavy atom. The van der Waals surface area contributed by atoms with Crippen molar-refractivity contribution in [2.24, 2.45) is 0 Å². The first-order valence-corrected chi connectivity index (χ1v) is 8.66. The number of aromatic nitrogens is 1. The number of benzene rings is 1. The Bertz CT molecular complexity index is 874. The van der Waals surface area contributed by atoms with Crippen LogP contribution in [0.15, 0.2) is 48.6 Å². The van der Waals surface area contributed by atoms with Gasteiger partial charge in [-0.05, 0) is 31.2 Å². The molecule has 1 heterocycles. The maximum atomic E-state index is 12.6. The standard InChI is InChI=1S/C21H26N4O2/c1-14(2)13-22-21(27)18-10-11-19(23-20(18)25(6)15(3)26)16-8-7-9-17(12-16)24(4)5/h7-12H,1,13H2,2-6H3,(H,22,27). The Morgan fingerprint density at radius 3 is 2.41 bits per heavy atom. The zero-order valence-corrected chi connectivity index (χ0v) is 16.5. The molecular weight excluding hydrogens is 340 g/mol. The molecule has 0 aliphatic carbocycles. The minimum Gasteiger partial charge on any atom is -0.378 e. The van der Waals surface area contributed by atoms with E-state index in [1.807, 2.05) is 50.2 Å². The summed E-state index contributed by atoms with van der Waals surface area (Å²) in [6.45, 7) is 7.43. The maximum Gasteiger partial charge on any atom is 0.255 e. The molecule has 0 fully saturated rings. The largest absolute Gasteiger partial charge is 0.378 e. The smallest absolute Gasteiger partial charge is 0.255 e. The summed E-state index contributed by atoms with van der Waals surface area (Å²) in [4.78, 5) is 32.5. The van der Waals surface area contributed by atoms with Crippen LogP contribution in [0.1, 0.15) is 24.2 Å². The molecule has 0 aliphatic rings. The van der Waals surface area contributed by atoms with Crippen molar-refractivity contribution < 1.29 is 9.59 Å². The number of carbonyl (C=O) groups is 2. The Hall–Kier alpha value is -3.15. The summed E-state index contributed by atoms with van der Waals surface area (Å²) in [5.41, 5.74) is 3.84. The van der Waals surface area contributed by atoms with Crippen LogP contribution in [0, 0.1) is 0 Å².